The van der Waals surface area contributed by atoms with E-state index >= 15 is 0 Å². The van der Waals surface area contributed by atoms with E-state index in [2.05, 4.69) is 84.9 Å². The molecule has 0 unspecified atom stereocenters. The Bertz CT molecular complexity index is 4460. The maximum absolute atomic E-state index is 9.84. The summed E-state index contributed by atoms with van der Waals surface area (Å²) in [4.78, 5) is 15.3. The summed E-state index contributed by atoms with van der Waals surface area (Å²) < 4.78 is 69.8. The molecule has 5 heteroatoms. The summed E-state index contributed by atoms with van der Waals surface area (Å²) in [5.74, 6) is 0.553. The molecule has 0 amide bonds. The van der Waals surface area contributed by atoms with Gasteiger partial charge in [-0.2, -0.15) is 0 Å². The topological polar surface area (TPSA) is 65.0 Å². The third kappa shape index (κ3) is 6.21. The van der Waals surface area contributed by atoms with Gasteiger partial charge in [-0.05, 0) is 110 Å². The van der Waals surface area contributed by atoms with Gasteiger partial charge in [-0.15, -0.1) is 0 Å². The zero-order valence-electron chi connectivity index (χ0n) is 42.7. The second-order valence-corrected chi connectivity index (χ2v) is 17.4. The predicted molar refractivity (Wildman–Crippen MR) is 279 cm³/mol. The zero-order chi connectivity index (χ0) is 50.7. The van der Waals surface area contributed by atoms with Crippen LogP contribution in [0.2, 0.25) is 0 Å². The Morgan fingerprint density at radius 3 is 1.70 bits per heavy atom. The Hall–Kier alpha value is -9.19. The van der Waals surface area contributed by atoms with Crippen molar-refractivity contribution in [3.8, 4) is 67.5 Å². The highest BCUT2D eigenvalue weighted by molar-refractivity contribution is 6.09. The van der Waals surface area contributed by atoms with Crippen LogP contribution in [0.25, 0.3) is 111 Å². The molecule has 0 fully saturated rings. The molecular weight excluding hydrogens is 843 g/mol. The largest absolute Gasteiger partial charge is 0.456 e. The molecule has 322 valence electrons. The Morgan fingerprint density at radius 2 is 0.899 bits per heavy atom. The smallest absolute Gasteiger partial charge is 0.164 e. The van der Waals surface area contributed by atoms with E-state index in [0.717, 1.165) is 55.3 Å². The molecule has 0 aliphatic heterocycles. The second kappa shape index (κ2) is 15.4. The van der Waals surface area contributed by atoms with Gasteiger partial charge in [-0.3, -0.25) is 0 Å². The van der Waals surface area contributed by atoms with Gasteiger partial charge in [0, 0.05) is 38.2 Å². The van der Waals surface area contributed by atoms with Gasteiger partial charge in [0.2, 0.25) is 0 Å². The van der Waals surface area contributed by atoms with Crippen LogP contribution >= 0.6 is 0 Å². The molecular formula is C64H39N3O2. The summed E-state index contributed by atoms with van der Waals surface area (Å²) in [7, 11) is 0. The van der Waals surface area contributed by atoms with Crippen molar-refractivity contribution in [1.82, 2.24) is 15.0 Å². The standard InChI is InChI=1S/C64H39N3O2/c1-4-15-40(16-5-1)41-17-14-18-44(35-41)61-65-62(45-28-31-50-49-23-10-12-25-55(49)64(56(50)37-45,47-19-6-2-7-20-47)48-21-8-3-9-22-48)67-63(66-61)46-29-33-53-54-36-42(30-34-58(54)69-60(53)39-46)43-27-32-52-51-24-11-13-26-57(51)68-59(52)38-43/h1-39H/i29D,30D,33D,34D,36D,39D. The summed E-state index contributed by atoms with van der Waals surface area (Å²) in [6.07, 6.45) is 0. The maximum Gasteiger partial charge on any atom is 0.164 e. The lowest BCUT2D eigenvalue weighted by Gasteiger charge is -2.34. The fraction of sp³-hybridized carbons (Fsp3) is 0.0156. The fourth-order valence-corrected chi connectivity index (χ4v) is 10.3. The number of hydrogen-bond acceptors (Lipinski definition) is 5. The van der Waals surface area contributed by atoms with Crippen molar-refractivity contribution in [2.24, 2.45) is 0 Å². The third-order valence-corrected chi connectivity index (χ3v) is 13.5. The number of aromatic nitrogens is 3. The number of para-hydroxylation sites is 1. The fourth-order valence-electron chi connectivity index (χ4n) is 10.3. The molecule has 0 bridgehead atoms. The van der Waals surface area contributed by atoms with Crippen LogP contribution in [-0.2, 0) is 5.41 Å². The average molecular weight is 888 g/mol. The van der Waals surface area contributed by atoms with Gasteiger partial charge in [-0.1, -0.05) is 182 Å². The lowest BCUT2D eigenvalue weighted by molar-refractivity contribution is 0.669. The van der Waals surface area contributed by atoms with E-state index in [9.17, 15) is 8.22 Å². The van der Waals surface area contributed by atoms with E-state index in [0.29, 0.717) is 27.9 Å². The zero-order valence-corrected chi connectivity index (χ0v) is 36.7. The number of furan rings is 2. The van der Waals surface area contributed by atoms with E-state index in [1.807, 2.05) is 103 Å². The molecule has 0 radical (unpaired) electrons. The molecule has 3 heterocycles. The minimum absolute atomic E-state index is 0.0228. The van der Waals surface area contributed by atoms with Crippen LogP contribution in [0.5, 0.6) is 0 Å². The van der Waals surface area contributed by atoms with Gasteiger partial charge in [0.05, 0.1) is 13.6 Å². The summed E-state index contributed by atoms with van der Waals surface area (Å²) in [5.41, 5.74) is 10.7. The molecule has 0 N–H and O–H groups in total. The number of nitrogens with zero attached hydrogens (tertiary/aromatic N) is 3. The minimum Gasteiger partial charge on any atom is -0.456 e. The molecule has 1 aliphatic rings. The molecule has 69 heavy (non-hydrogen) atoms. The molecule has 10 aromatic carbocycles. The van der Waals surface area contributed by atoms with Gasteiger partial charge in [-0.25, -0.2) is 15.0 Å². The van der Waals surface area contributed by atoms with Crippen LogP contribution in [0.15, 0.2) is 245 Å². The number of fused-ring (bicyclic) bond motifs is 9. The number of benzene rings is 10. The molecule has 0 atom stereocenters. The lowest BCUT2D eigenvalue weighted by atomic mass is 9.67. The van der Waals surface area contributed by atoms with Crippen LogP contribution < -0.4 is 0 Å². The Morgan fingerprint density at radius 1 is 0.319 bits per heavy atom. The second-order valence-electron chi connectivity index (χ2n) is 17.4. The molecule has 0 spiro atoms. The molecule has 14 rings (SSSR count). The third-order valence-electron chi connectivity index (χ3n) is 13.5. The molecule has 1 aliphatic carbocycles. The van der Waals surface area contributed by atoms with Crippen molar-refractivity contribution in [2.45, 2.75) is 5.41 Å². The van der Waals surface area contributed by atoms with E-state index in [1.54, 1.807) is 12.1 Å². The molecule has 3 aromatic heterocycles. The van der Waals surface area contributed by atoms with Gasteiger partial charge in [0.1, 0.15) is 22.3 Å². The first-order valence-corrected chi connectivity index (χ1v) is 22.8. The van der Waals surface area contributed by atoms with Crippen LogP contribution in [0.1, 0.15) is 30.5 Å². The predicted octanol–water partition coefficient (Wildman–Crippen LogP) is 16.4. The van der Waals surface area contributed by atoms with E-state index < -0.39 is 5.41 Å². The Kier molecular flexibility index (Phi) is 7.45. The summed E-state index contributed by atoms with van der Waals surface area (Å²) in [6, 6.07) is 65.0. The first-order valence-electron chi connectivity index (χ1n) is 25.8. The van der Waals surface area contributed by atoms with Gasteiger partial charge in [0.15, 0.2) is 17.5 Å². The molecule has 5 nitrogen and oxygen atoms in total. The summed E-state index contributed by atoms with van der Waals surface area (Å²) in [5, 5.41) is 1.89. The van der Waals surface area contributed by atoms with Crippen LogP contribution in [0.4, 0.5) is 0 Å². The quantitative estimate of drug-likeness (QED) is 0.159. The molecule has 13 aromatic rings. The Balaban J connectivity index is 0.992. The minimum atomic E-state index is -0.714. The van der Waals surface area contributed by atoms with Crippen LogP contribution in [0.3, 0.4) is 0 Å². The van der Waals surface area contributed by atoms with Crippen LogP contribution in [0, 0.1) is 0 Å². The monoisotopic (exact) mass is 887 g/mol. The average Bonchev–Trinajstić information content (AvgIpc) is 4.24. The van der Waals surface area contributed by atoms with Crippen molar-refractivity contribution < 1.29 is 17.1 Å². The Labute approximate surface area is 406 Å². The summed E-state index contributed by atoms with van der Waals surface area (Å²) in [6.45, 7) is 0. The van der Waals surface area contributed by atoms with Gasteiger partial charge in [0.25, 0.3) is 0 Å². The SMILES string of the molecule is [2H]c1c(-c2ccc3c(c2)oc2ccccc23)c([2H])c2c(oc3c([2H])c(-c4nc(-c5cccc(-c6ccccc6)c5)nc(-c5ccc6c(c5)C(c5ccccc5)(c5ccccc5)c5ccccc5-6)n4)c([2H])c([2H])c32)c1[2H]. The highest BCUT2D eigenvalue weighted by Gasteiger charge is 2.46. The molecule has 0 saturated heterocycles. The van der Waals surface area contributed by atoms with Crippen molar-refractivity contribution in [2.75, 3.05) is 0 Å². The maximum atomic E-state index is 9.84. The lowest BCUT2D eigenvalue weighted by Crippen LogP contribution is -2.28. The van der Waals surface area contributed by atoms with E-state index in [4.69, 9.17) is 23.8 Å². The van der Waals surface area contributed by atoms with Crippen molar-refractivity contribution in [3.05, 3.63) is 259 Å². The van der Waals surface area contributed by atoms with E-state index in [1.165, 1.54) is 0 Å². The van der Waals surface area contributed by atoms with Gasteiger partial charge < -0.3 is 8.83 Å². The normalized spacial score (nSPS) is 14.0. The van der Waals surface area contributed by atoms with Crippen molar-refractivity contribution in [3.63, 3.8) is 0 Å². The van der Waals surface area contributed by atoms with Crippen molar-refractivity contribution >= 4 is 43.9 Å². The summed E-state index contributed by atoms with van der Waals surface area (Å²) >= 11 is 0. The van der Waals surface area contributed by atoms with Gasteiger partial charge >= 0.3 is 0 Å². The first-order chi connectivity index (χ1) is 36.7. The number of hydrogen-bond donors (Lipinski definition) is 0. The number of rotatable bonds is 7. The first kappa shape index (κ1) is 33.3. The highest BCUT2D eigenvalue weighted by atomic mass is 16.3. The highest BCUT2D eigenvalue weighted by Crippen LogP contribution is 2.56. The van der Waals surface area contributed by atoms with Crippen LogP contribution in [-0.4, -0.2) is 15.0 Å². The van der Waals surface area contributed by atoms with Crippen molar-refractivity contribution in [1.29, 1.82) is 0 Å². The molecule has 0 saturated carbocycles. The van der Waals surface area contributed by atoms with E-state index in [-0.39, 0.29) is 86.8 Å².